The van der Waals surface area contributed by atoms with Crippen molar-refractivity contribution in [3.05, 3.63) is 70.2 Å². The van der Waals surface area contributed by atoms with Crippen LogP contribution in [0.1, 0.15) is 85.0 Å². The molecule has 0 radical (unpaired) electrons. The highest BCUT2D eigenvalue weighted by Crippen LogP contribution is 2.40. The normalized spacial score (nSPS) is 14.1. The Labute approximate surface area is 220 Å². The number of hydrogen-bond donors (Lipinski definition) is 1. The van der Waals surface area contributed by atoms with Gasteiger partial charge in [0.05, 0.1) is 20.8 Å². The van der Waals surface area contributed by atoms with E-state index in [-0.39, 0.29) is 17.1 Å². The standard InChI is InChI=1S/C31H39NO5/c1-7-8-14-36-24-18-27(34-5)29(28(19-24)35-6)32-30(33)26-12-11-23(37-26)16-22-17-25-21(15-20(22)2)10-9-13-31(25,3)4/h11-12,15,17-19H,7-10,13-14,16H2,1-6H3,(H,32,33). The lowest BCUT2D eigenvalue weighted by Gasteiger charge is -2.33. The molecule has 1 N–H and O–H groups in total. The molecule has 1 aliphatic carbocycles. The number of unbranched alkanes of at least 4 members (excludes halogenated alkanes) is 1. The van der Waals surface area contributed by atoms with Crippen molar-refractivity contribution in [1.82, 2.24) is 0 Å². The van der Waals surface area contributed by atoms with Gasteiger partial charge in [-0.3, -0.25) is 4.79 Å². The summed E-state index contributed by atoms with van der Waals surface area (Å²) in [5.74, 6) is 2.16. The first-order valence-corrected chi connectivity index (χ1v) is 13.2. The van der Waals surface area contributed by atoms with E-state index in [2.05, 4.69) is 45.1 Å². The fraction of sp³-hybridized carbons (Fsp3) is 0.452. The van der Waals surface area contributed by atoms with E-state index in [4.69, 9.17) is 18.6 Å². The second kappa shape index (κ2) is 11.3. The van der Waals surface area contributed by atoms with Gasteiger partial charge >= 0.3 is 0 Å². The van der Waals surface area contributed by atoms with Crippen molar-refractivity contribution in [2.24, 2.45) is 0 Å². The number of carbonyl (C=O) groups excluding carboxylic acids is 1. The van der Waals surface area contributed by atoms with E-state index >= 15 is 0 Å². The average molecular weight is 506 g/mol. The third kappa shape index (κ3) is 5.95. The minimum absolute atomic E-state index is 0.180. The Kier molecular flexibility index (Phi) is 8.16. The maximum absolute atomic E-state index is 13.1. The number of ether oxygens (including phenoxy) is 3. The Morgan fingerprint density at radius 3 is 2.49 bits per heavy atom. The summed E-state index contributed by atoms with van der Waals surface area (Å²) in [5.41, 5.74) is 6.00. The zero-order valence-electron chi connectivity index (χ0n) is 23.0. The van der Waals surface area contributed by atoms with E-state index in [0.29, 0.717) is 36.0 Å². The number of furan rings is 1. The van der Waals surface area contributed by atoms with Crippen LogP contribution in [0.4, 0.5) is 5.69 Å². The Balaban J connectivity index is 1.52. The van der Waals surface area contributed by atoms with Crippen molar-refractivity contribution in [2.75, 3.05) is 26.1 Å². The summed E-state index contributed by atoms with van der Waals surface area (Å²) in [6.07, 6.45) is 6.21. The number of nitrogens with one attached hydrogen (secondary N) is 1. The van der Waals surface area contributed by atoms with Gasteiger partial charge in [-0.1, -0.05) is 39.3 Å². The van der Waals surface area contributed by atoms with E-state index in [0.717, 1.165) is 25.0 Å². The molecule has 6 heteroatoms. The van der Waals surface area contributed by atoms with Gasteiger partial charge in [0, 0.05) is 18.6 Å². The number of anilines is 1. The minimum Gasteiger partial charge on any atom is -0.494 e. The summed E-state index contributed by atoms with van der Waals surface area (Å²) >= 11 is 0. The van der Waals surface area contributed by atoms with Gasteiger partial charge in [-0.2, -0.15) is 0 Å². The summed E-state index contributed by atoms with van der Waals surface area (Å²) in [6, 6.07) is 11.8. The molecular formula is C31H39NO5. The number of benzene rings is 2. The van der Waals surface area contributed by atoms with Crippen molar-refractivity contribution in [3.63, 3.8) is 0 Å². The third-order valence-corrected chi connectivity index (χ3v) is 7.27. The van der Waals surface area contributed by atoms with Gasteiger partial charge in [-0.15, -0.1) is 0 Å². The Morgan fingerprint density at radius 1 is 1.08 bits per heavy atom. The van der Waals surface area contributed by atoms with Gasteiger partial charge < -0.3 is 23.9 Å². The Hall–Kier alpha value is -3.41. The van der Waals surface area contributed by atoms with E-state index in [1.165, 1.54) is 35.1 Å². The molecule has 0 saturated carbocycles. The molecule has 0 bridgehead atoms. The molecule has 0 fully saturated rings. The van der Waals surface area contributed by atoms with Crippen molar-refractivity contribution in [2.45, 2.75) is 71.6 Å². The summed E-state index contributed by atoms with van der Waals surface area (Å²) in [7, 11) is 3.10. The quantitative estimate of drug-likeness (QED) is 0.294. The van der Waals surface area contributed by atoms with Gasteiger partial charge in [0.25, 0.3) is 5.91 Å². The van der Waals surface area contributed by atoms with Crippen LogP contribution in [0.5, 0.6) is 17.2 Å². The van der Waals surface area contributed by atoms with Gasteiger partial charge in [0.2, 0.25) is 0 Å². The predicted molar refractivity (Wildman–Crippen MR) is 147 cm³/mol. The third-order valence-electron chi connectivity index (χ3n) is 7.27. The maximum atomic E-state index is 13.1. The molecule has 4 rings (SSSR count). The lowest BCUT2D eigenvalue weighted by molar-refractivity contribution is 0.0994. The fourth-order valence-electron chi connectivity index (χ4n) is 5.08. The molecular weight excluding hydrogens is 466 g/mol. The first-order chi connectivity index (χ1) is 17.7. The van der Waals surface area contributed by atoms with Crippen LogP contribution in [0.15, 0.2) is 40.8 Å². The maximum Gasteiger partial charge on any atom is 0.291 e. The number of carbonyl (C=O) groups is 1. The molecule has 6 nitrogen and oxygen atoms in total. The Morgan fingerprint density at radius 2 is 1.81 bits per heavy atom. The van der Waals surface area contributed by atoms with Crippen molar-refractivity contribution >= 4 is 11.6 Å². The highest BCUT2D eigenvalue weighted by Gasteiger charge is 2.28. The highest BCUT2D eigenvalue weighted by atomic mass is 16.5. The van der Waals surface area contributed by atoms with E-state index < -0.39 is 0 Å². The van der Waals surface area contributed by atoms with Crippen molar-refractivity contribution in [1.29, 1.82) is 0 Å². The summed E-state index contributed by atoms with van der Waals surface area (Å²) in [6.45, 7) is 9.52. The minimum atomic E-state index is -0.370. The first kappa shape index (κ1) is 26.6. The summed E-state index contributed by atoms with van der Waals surface area (Å²) in [5, 5.41) is 2.89. The summed E-state index contributed by atoms with van der Waals surface area (Å²) in [4.78, 5) is 13.1. The van der Waals surface area contributed by atoms with Gasteiger partial charge in [0.15, 0.2) is 5.76 Å². The number of rotatable bonds is 10. The van der Waals surface area contributed by atoms with Crippen LogP contribution in [0, 0.1) is 6.92 Å². The SMILES string of the molecule is CCCCOc1cc(OC)c(NC(=O)c2ccc(Cc3cc4c(cc3C)CCCC4(C)C)o2)c(OC)c1. The highest BCUT2D eigenvalue weighted by molar-refractivity contribution is 6.04. The zero-order valence-corrected chi connectivity index (χ0v) is 23.0. The molecule has 0 atom stereocenters. The molecule has 1 heterocycles. The first-order valence-electron chi connectivity index (χ1n) is 13.2. The van der Waals surface area contributed by atoms with Crippen LogP contribution in [0.2, 0.25) is 0 Å². The second-order valence-corrected chi connectivity index (χ2v) is 10.5. The van der Waals surface area contributed by atoms with E-state index in [1.807, 2.05) is 6.07 Å². The number of amides is 1. The number of hydrogen-bond acceptors (Lipinski definition) is 5. The van der Waals surface area contributed by atoms with Gasteiger partial charge in [0.1, 0.15) is 28.7 Å². The molecule has 3 aromatic rings. The molecule has 0 unspecified atom stereocenters. The van der Waals surface area contributed by atoms with Gasteiger partial charge in [-0.05, 0) is 72.4 Å². The second-order valence-electron chi connectivity index (χ2n) is 10.5. The number of aryl methyl sites for hydroxylation is 2. The molecule has 0 aliphatic heterocycles. The average Bonchev–Trinajstić information content (AvgIpc) is 3.34. The van der Waals surface area contributed by atoms with Crippen LogP contribution >= 0.6 is 0 Å². The molecule has 1 aromatic heterocycles. The van der Waals surface area contributed by atoms with E-state index in [9.17, 15) is 4.79 Å². The van der Waals surface area contributed by atoms with Crippen LogP contribution in [-0.2, 0) is 18.3 Å². The molecule has 37 heavy (non-hydrogen) atoms. The van der Waals surface area contributed by atoms with Crippen molar-refractivity contribution in [3.8, 4) is 17.2 Å². The smallest absolute Gasteiger partial charge is 0.291 e. The fourth-order valence-corrected chi connectivity index (χ4v) is 5.08. The topological polar surface area (TPSA) is 69.9 Å². The number of methoxy groups -OCH3 is 2. The Bertz CT molecular complexity index is 1230. The predicted octanol–water partition coefficient (Wildman–Crippen LogP) is 7.24. The van der Waals surface area contributed by atoms with Crippen molar-refractivity contribution < 1.29 is 23.4 Å². The molecule has 1 aliphatic rings. The molecule has 1 amide bonds. The van der Waals surface area contributed by atoms with Crippen LogP contribution < -0.4 is 19.5 Å². The number of fused-ring (bicyclic) bond motifs is 1. The van der Waals surface area contributed by atoms with Crippen LogP contribution in [0.3, 0.4) is 0 Å². The van der Waals surface area contributed by atoms with Crippen LogP contribution in [-0.4, -0.2) is 26.7 Å². The molecule has 0 saturated heterocycles. The molecule has 198 valence electrons. The molecule has 0 spiro atoms. The summed E-state index contributed by atoms with van der Waals surface area (Å²) < 4.78 is 22.8. The zero-order chi connectivity index (χ0) is 26.6. The lowest BCUT2D eigenvalue weighted by Crippen LogP contribution is -2.24. The largest absolute Gasteiger partial charge is 0.494 e. The van der Waals surface area contributed by atoms with Gasteiger partial charge in [-0.25, -0.2) is 0 Å². The van der Waals surface area contributed by atoms with E-state index in [1.54, 1.807) is 32.4 Å². The lowest BCUT2D eigenvalue weighted by atomic mass is 9.71. The van der Waals surface area contributed by atoms with Crippen LogP contribution in [0.25, 0.3) is 0 Å². The monoisotopic (exact) mass is 505 g/mol. The molecule has 2 aromatic carbocycles.